The zero-order chi connectivity index (χ0) is 15.8. The van der Waals surface area contributed by atoms with Gasteiger partial charge in [-0.05, 0) is 30.0 Å². The fourth-order valence-electron chi connectivity index (χ4n) is 1.89. The molecule has 0 aromatic heterocycles. The summed E-state index contributed by atoms with van der Waals surface area (Å²) in [6.07, 6.45) is 0.812. The molecule has 0 radical (unpaired) electrons. The molecule has 1 unspecified atom stereocenters. The third-order valence-corrected chi connectivity index (χ3v) is 3.22. The van der Waals surface area contributed by atoms with Crippen LogP contribution in [-0.2, 0) is 16.0 Å². The van der Waals surface area contributed by atoms with Crippen LogP contribution < -0.4 is 10.1 Å². The van der Waals surface area contributed by atoms with Gasteiger partial charge in [-0.15, -0.1) is 0 Å². The van der Waals surface area contributed by atoms with E-state index in [4.69, 9.17) is 9.84 Å². The van der Waals surface area contributed by atoms with Crippen LogP contribution in [0.2, 0.25) is 0 Å². The number of nitrogens with one attached hydrogen (secondary N) is 1. The largest absolute Gasteiger partial charge is 0.484 e. The zero-order valence-electron chi connectivity index (χ0n) is 12.8. The summed E-state index contributed by atoms with van der Waals surface area (Å²) in [7, 11) is 0. The molecule has 5 heteroatoms. The number of amides is 1. The Morgan fingerprint density at radius 1 is 1.33 bits per heavy atom. The molecular weight excluding hydrogens is 270 g/mol. The van der Waals surface area contributed by atoms with E-state index in [1.165, 1.54) is 0 Å². The second-order valence-electron chi connectivity index (χ2n) is 5.31. The highest BCUT2D eigenvalue weighted by molar-refractivity contribution is 5.78. The Morgan fingerprint density at radius 2 is 2.05 bits per heavy atom. The monoisotopic (exact) mass is 293 g/mol. The van der Waals surface area contributed by atoms with Gasteiger partial charge in [0.25, 0.3) is 5.91 Å². The first-order valence-corrected chi connectivity index (χ1v) is 7.15. The lowest BCUT2D eigenvalue weighted by atomic mass is 10.0. The van der Waals surface area contributed by atoms with Gasteiger partial charge in [-0.2, -0.15) is 0 Å². The van der Waals surface area contributed by atoms with Gasteiger partial charge in [0.2, 0.25) is 0 Å². The first-order valence-electron chi connectivity index (χ1n) is 7.15. The molecule has 0 aliphatic rings. The van der Waals surface area contributed by atoms with E-state index in [0.29, 0.717) is 5.75 Å². The van der Waals surface area contributed by atoms with Crippen LogP contribution in [0, 0.1) is 5.92 Å². The predicted octanol–water partition coefficient (Wildman–Crippen LogP) is 2.24. The van der Waals surface area contributed by atoms with E-state index in [0.717, 1.165) is 12.0 Å². The van der Waals surface area contributed by atoms with E-state index >= 15 is 0 Å². The number of carbonyl (C=O) groups excluding carboxylic acids is 1. The number of carboxylic acids is 1. The zero-order valence-corrected chi connectivity index (χ0v) is 12.8. The molecule has 0 aliphatic heterocycles. The molecule has 1 amide bonds. The molecule has 0 saturated carbocycles. The van der Waals surface area contributed by atoms with E-state index in [1.54, 1.807) is 6.07 Å². The molecule has 0 spiro atoms. The minimum atomic E-state index is -0.925. The van der Waals surface area contributed by atoms with E-state index in [9.17, 15) is 9.59 Å². The Kier molecular flexibility index (Phi) is 6.72. The van der Waals surface area contributed by atoms with Crippen LogP contribution >= 0.6 is 0 Å². The predicted molar refractivity (Wildman–Crippen MR) is 80.3 cm³/mol. The summed E-state index contributed by atoms with van der Waals surface area (Å²) in [5.41, 5.74) is 1.14. The second kappa shape index (κ2) is 8.29. The molecule has 0 heterocycles. The van der Waals surface area contributed by atoms with Crippen molar-refractivity contribution in [3.05, 3.63) is 29.8 Å². The highest BCUT2D eigenvalue weighted by Gasteiger charge is 2.19. The molecule has 2 N–H and O–H groups in total. The van der Waals surface area contributed by atoms with Crippen molar-refractivity contribution >= 4 is 11.9 Å². The molecule has 1 atom stereocenters. The Labute approximate surface area is 125 Å². The van der Waals surface area contributed by atoms with E-state index in [1.807, 2.05) is 39.0 Å². The normalized spacial score (nSPS) is 12.0. The summed E-state index contributed by atoms with van der Waals surface area (Å²) in [6.45, 7) is 5.68. The molecule has 0 bridgehead atoms. The van der Waals surface area contributed by atoms with Gasteiger partial charge in [0.15, 0.2) is 6.61 Å². The maximum atomic E-state index is 11.8. The van der Waals surface area contributed by atoms with Gasteiger partial charge >= 0.3 is 5.97 Å². The highest BCUT2D eigenvalue weighted by Crippen LogP contribution is 2.13. The summed E-state index contributed by atoms with van der Waals surface area (Å²) in [5, 5.41) is 11.5. The minimum Gasteiger partial charge on any atom is -0.484 e. The summed E-state index contributed by atoms with van der Waals surface area (Å²) in [4.78, 5) is 22.6. The Balaban J connectivity index is 2.50. The van der Waals surface area contributed by atoms with Crippen molar-refractivity contribution in [1.82, 2.24) is 5.32 Å². The van der Waals surface area contributed by atoms with Gasteiger partial charge in [0.05, 0.1) is 6.42 Å². The Hall–Kier alpha value is -2.04. The SMILES string of the molecule is CCc1cccc(OCC(=O)NC(CC(=O)O)C(C)C)c1. The maximum absolute atomic E-state index is 11.8. The number of carboxylic acid groups (broad SMARTS) is 1. The Morgan fingerprint density at radius 3 is 2.62 bits per heavy atom. The number of hydrogen-bond donors (Lipinski definition) is 2. The summed E-state index contributed by atoms with van der Waals surface area (Å²) >= 11 is 0. The van der Waals surface area contributed by atoms with Crippen molar-refractivity contribution in [2.45, 2.75) is 39.7 Å². The molecule has 0 aliphatic carbocycles. The fraction of sp³-hybridized carbons (Fsp3) is 0.500. The number of ether oxygens (including phenoxy) is 1. The summed E-state index contributed by atoms with van der Waals surface area (Å²) < 4.78 is 5.44. The summed E-state index contributed by atoms with van der Waals surface area (Å²) in [6, 6.07) is 7.18. The van der Waals surface area contributed by atoms with E-state index in [-0.39, 0.29) is 30.9 Å². The standard InChI is InChI=1S/C16H23NO4/c1-4-12-6-5-7-13(8-12)21-10-15(18)17-14(11(2)3)9-16(19)20/h5-8,11,14H,4,9-10H2,1-3H3,(H,17,18)(H,19,20). The van der Waals surface area contributed by atoms with Crippen LogP contribution in [-0.4, -0.2) is 29.6 Å². The average molecular weight is 293 g/mol. The van der Waals surface area contributed by atoms with Crippen LogP contribution in [0.1, 0.15) is 32.8 Å². The third-order valence-electron chi connectivity index (χ3n) is 3.22. The van der Waals surface area contributed by atoms with Crippen molar-refractivity contribution < 1.29 is 19.4 Å². The van der Waals surface area contributed by atoms with Gasteiger partial charge in [-0.3, -0.25) is 9.59 Å². The number of aliphatic carboxylic acids is 1. The molecule has 1 aromatic rings. The molecule has 5 nitrogen and oxygen atoms in total. The molecule has 1 aromatic carbocycles. The first kappa shape index (κ1) is 17.0. The van der Waals surface area contributed by atoms with Crippen LogP contribution in [0.3, 0.4) is 0 Å². The smallest absolute Gasteiger partial charge is 0.305 e. The first-order chi connectivity index (χ1) is 9.92. The molecular formula is C16H23NO4. The van der Waals surface area contributed by atoms with Crippen molar-refractivity contribution in [3.8, 4) is 5.75 Å². The number of carbonyl (C=O) groups is 2. The lowest BCUT2D eigenvalue weighted by Gasteiger charge is -2.20. The van der Waals surface area contributed by atoms with Gasteiger partial charge in [-0.25, -0.2) is 0 Å². The van der Waals surface area contributed by atoms with Gasteiger partial charge in [0.1, 0.15) is 5.75 Å². The number of hydrogen-bond acceptors (Lipinski definition) is 3. The Bertz CT molecular complexity index is 485. The van der Waals surface area contributed by atoms with Crippen LogP contribution in [0.25, 0.3) is 0 Å². The lowest BCUT2D eigenvalue weighted by molar-refractivity contribution is -0.138. The van der Waals surface area contributed by atoms with Gasteiger partial charge in [0, 0.05) is 6.04 Å². The van der Waals surface area contributed by atoms with Gasteiger partial charge in [-0.1, -0.05) is 32.9 Å². The van der Waals surface area contributed by atoms with Crippen LogP contribution in [0.5, 0.6) is 5.75 Å². The topological polar surface area (TPSA) is 75.6 Å². The average Bonchev–Trinajstić information content (AvgIpc) is 2.44. The van der Waals surface area contributed by atoms with Crippen LogP contribution in [0.4, 0.5) is 0 Å². The van der Waals surface area contributed by atoms with Crippen molar-refractivity contribution in [2.75, 3.05) is 6.61 Å². The molecule has 1 rings (SSSR count). The van der Waals surface area contributed by atoms with Crippen molar-refractivity contribution in [1.29, 1.82) is 0 Å². The number of rotatable bonds is 8. The fourth-order valence-corrected chi connectivity index (χ4v) is 1.89. The molecule has 116 valence electrons. The van der Waals surface area contributed by atoms with Crippen LogP contribution in [0.15, 0.2) is 24.3 Å². The van der Waals surface area contributed by atoms with Gasteiger partial charge < -0.3 is 15.2 Å². The second-order valence-corrected chi connectivity index (χ2v) is 5.31. The van der Waals surface area contributed by atoms with Crippen molar-refractivity contribution in [2.24, 2.45) is 5.92 Å². The quantitative estimate of drug-likeness (QED) is 0.770. The minimum absolute atomic E-state index is 0.0495. The van der Waals surface area contributed by atoms with E-state index < -0.39 is 5.97 Å². The highest BCUT2D eigenvalue weighted by atomic mass is 16.5. The van der Waals surface area contributed by atoms with E-state index in [2.05, 4.69) is 5.32 Å². The molecule has 0 saturated heterocycles. The summed E-state index contributed by atoms with van der Waals surface area (Å²) in [5.74, 6) is -0.542. The number of aryl methyl sites for hydroxylation is 1. The lowest BCUT2D eigenvalue weighted by Crippen LogP contribution is -2.42. The molecule has 0 fully saturated rings. The third kappa shape index (κ3) is 6.29. The van der Waals surface area contributed by atoms with Crippen molar-refractivity contribution in [3.63, 3.8) is 0 Å². The molecule has 21 heavy (non-hydrogen) atoms. The number of benzene rings is 1. The maximum Gasteiger partial charge on any atom is 0.305 e.